The Kier molecular flexibility index (Phi) is 7.73. The molecule has 9 heteroatoms. The topological polar surface area (TPSA) is 89.6 Å². The number of aromatic nitrogens is 2. The number of hydrogen-bond donors (Lipinski definition) is 1. The fourth-order valence-corrected chi connectivity index (χ4v) is 3.00. The van der Waals surface area contributed by atoms with Crippen molar-refractivity contribution >= 4 is 23.6 Å². The highest BCUT2D eigenvalue weighted by molar-refractivity contribution is 7.98. The van der Waals surface area contributed by atoms with E-state index in [0.29, 0.717) is 24.7 Å². The van der Waals surface area contributed by atoms with Crippen LogP contribution in [0.1, 0.15) is 22.7 Å². The van der Waals surface area contributed by atoms with Crippen LogP contribution in [0.2, 0.25) is 0 Å². The number of nitrogens with one attached hydrogen (secondary N) is 1. The highest BCUT2D eigenvalue weighted by atomic mass is 32.2. The number of hydrogen-bond acceptors (Lipinski definition) is 6. The van der Waals surface area contributed by atoms with E-state index < -0.39 is 0 Å². The van der Waals surface area contributed by atoms with Crippen molar-refractivity contribution in [3.8, 4) is 0 Å². The molecule has 0 saturated heterocycles. The molecule has 26 heavy (non-hydrogen) atoms. The van der Waals surface area contributed by atoms with E-state index in [0.717, 1.165) is 11.6 Å². The van der Waals surface area contributed by atoms with E-state index in [-0.39, 0.29) is 24.1 Å². The number of imidazole rings is 1. The van der Waals surface area contributed by atoms with Gasteiger partial charge in [0.2, 0.25) is 5.91 Å². The molecule has 0 saturated carbocycles. The molecule has 0 aliphatic heterocycles. The summed E-state index contributed by atoms with van der Waals surface area (Å²) in [6.45, 7) is 1.08. The molecule has 0 aromatic carbocycles. The molecule has 0 bridgehead atoms. The molecule has 0 aliphatic rings. The van der Waals surface area contributed by atoms with Crippen molar-refractivity contribution in [1.29, 1.82) is 0 Å². The summed E-state index contributed by atoms with van der Waals surface area (Å²) in [6.07, 6.45) is 4.33. The van der Waals surface area contributed by atoms with E-state index in [1.807, 2.05) is 17.8 Å². The Balaban J connectivity index is 1.80. The van der Waals surface area contributed by atoms with Crippen LogP contribution in [-0.4, -0.2) is 60.1 Å². The van der Waals surface area contributed by atoms with Crippen LogP contribution in [0.3, 0.4) is 0 Å². The van der Waals surface area contributed by atoms with Gasteiger partial charge in [-0.05, 0) is 18.6 Å². The molecule has 8 nitrogen and oxygen atoms in total. The Morgan fingerprint density at radius 2 is 2.23 bits per heavy atom. The van der Waals surface area contributed by atoms with Crippen molar-refractivity contribution in [3.63, 3.8) is 0 Å². The summed E-state index contributed by atoms with van der Waals surface area (Å²) in [5, 5.41) is 3.62. The first-order valence-electron chi connectivity index (χ1n) is 8.21. The summed E-state index contributed by atoms with van der Waals surface area (Å²) in [4.78, 5) is 29.8. The molecule has 0 radical (unpaired) electrons. The summed E-state index contributed by atoms with van der Waals surface area (Å²) >= 11 is 1.52. The normalized spacial score (nSPS) is 10.7. The molecule has 142 valence electrons. The highest BCUT2D eigenvalue weighted by Gasteiger charge is 2.18. The molecule has 2 heterocycles. The fourth-order valence-electron chi connectivity index (χ4n) is 2.17. The average Bonchev–Trinajstić information content (AvgIpc) is 3.25. The lowest BCUT2D eigenvalue weighted by molar-refractivity contribution is -0.121. The van der Waals surface area contributed by atoms with E-state index in [2.05, 4.69) is 10.3 Å². The third-order valence-corrected chi connectivity index (χ3v) is 4.65. The maximum atomic E-state index is 12.4. The second kappa shape index (κ2) is 10.0. The lowest BCUT2D eigenvalue weighted by Crippen LogP contribution is -2.38. The lowest BCUT2D eigenvalue weighted by atomic mass is 10.3. The first-order chi connectivity index (χ1) is 12.5. The Morgan fingerprint density at radius 3 is 2.92 bits per heavy atom. The zero-order valence-electron chi connectivity index (χ0n) is 15.2. The fraction of sp³-hybridized carbons (Fsp3) is 0.471. The molecular weight excluding hydrogens is 356 g/mol. The summed E-state index contributed by atoms with van der Waals surface area (Å²) in [7, 11) is 5.10. The summed E-state index contributed by atoms with van der Waals surface area (Å²) in [5.41, 5.74) is 0. The number of nitrogens with zero attached hydrogens (tertiary/aromatic N) is 3. The minimum Gasteiger partial charge on any atom is -0.455 e. The smallest absolute Gasteiger partial charge is 0.289 e. The van der Waals surface area contributed by atoms with Crippen LogP contribution in [0.5, 0.6) is 0 Å². The standard InChI is InChI=1S/C17H24N4O4S/c1-20-9-8-19-17(20)26-12-13-5-6-14(25-13)16(23)21(2)11-15(22)18-7-4-10-24-3/h5-6,8-9H,4,7,10-12H2,1-3H3,(H,18,22). The van der Waals surface area contributed by atoms with Crippen LogP contribution in [-0.2, 0) is 22.3 Å². The summed E-state index contributed by atoms with van der Waals surface area (Å²) < 4.78 is 12.4. The van der Waals surface area contributed by atoms with Crippen molar-refractivity contribution in [1.82, 2.24) is 19.8 Å². The van der Waals surface area contributed by atoms with E-state index in [1.165, 1.54) is 16.7 Å². The van der Waals surface area contributed by atoms with Crippen molar-refractivity contribution in [2.24, 2.45) is 7.05 Å². The molecule has 2 amide bonds. The minimum atomic E-state index is -0.328. The number of carbonyl (C=O) groups excluding carboxylic acids is 2. The quantitative estimate of drug-likeness (QED) is 0.497. The van der Waals surface area contributed by atoms with Gasteiger partial charge in [-0.3, -0.25) is 9.59 Å². The first kappa shape index (κ1) is 20.1. The van der Waals surface area contributed by atoms with E-state index in [1.54, 1.807) is 32.5 Å². The maximum Gasteiger partial charge on any atom is 0.289 e. The number of likely N-dealkylation sites (N-methyl/N-ethyl adjacent to an activating group) is 1. The molecule has 0 atom stereocenters. The number of amides is 2. The third-order valence-electron chi connectivity index (χ3n) is 3.57. The van der Waals surface area contributed by atoms with Gasteiger partial charge in [-0.2, -0.15) is 0 Å². The van der Waals surface area contributed by atoms with E-state index in [9.17, 15) is 9.59 Å². The monoisotopic (exact) mass is 380 g/mol. The maximum absolute atomic E-state index is 12.4. The number of methoxy groups -OCH3 is 1. The first-order valence-corrected chi connectivity index (χ1v) is 9.19. The molecule has 2 aromatic heterocycles. The Hall–Kier alpha value is -2.26. The van der Waals surface area contributed by atoms with Gasteiger partial charge in [0.15, 0.2) is 10.9 Å². The largest absolute Gasteiger partial charge is 0.455 e. The minimum absolute atomic E-state index is 0.0239. The van der Waals surface area contributed by atoms with Crippen molar-refractivity contribution in [2.75, 3.05) is 33.9 Å². The molecule has 0 aliphatic carbocycles. The molecular formula is C17H24N4O4S. The number of rotatable bonds is 10. The lowest BCUT2D eigenvalue weighted by Gasteiger charge is -2.15. The Bertz CT molecular complexity index is 728. The summed E-state index contributed by atoms with van der Waals surface area (Å²) in [5.74, 6) is 0.926. The van der Waals surface area contributed by atoms with Crippen molar-refractivity contribution < 1.29 is 18.7 Å². The SMILES string of the molecule is COCCCNC(=O)CN(C)C(=O)c1ccc(CSc2nccn2C)o1. The Morgan fingerprint density at radius 1 is 1.42 bits per heavy atom. The average molecular weight is 380 g/mol. The molecule has 0 fully saturated rings. The van der Waals surface area contributed by atoms with Crippen molar-refractivity contribution in [3.05, 3.63) is 36.0 Å². The molecule has 2 rings (SSSR count). The van der Waals surface area contributed by atoms with Gasteiger partial charge in [0.25, 0.3) is 5.91 Å². The highest BCUT2D eigenvalue weighted by Crippen LogP contribution is 2.22. The second-order valence-electron chi connectivity index (χ2n) is 5.73. The van der Waals surface area contributed by atoms with Gasteiger partial charge in [-0.25, -0.2) is 4.98 Å². The molecule has 0 unspecified atom stereocenters. The number of carbonyl (C=O) groups is 2. The van der Waals surface area contributed by atoms with Gasteiger partial charge < -0.3 is 23.9 Å². The number of furan rings is 1. The number of aryl methyl sites for hydroxylation is 1. The third kappa shape index (κ3) is 5.92. The van der Waals surface area contributed by atoms with Gasteiger partial charge >= 0.3 is 0 Å². The van der Waals surface area contributed by atoms with Crippen LogP contribution in [0.15, 0.2) is 34.1 Å². The van der Waals surface area contributed by atoms with Gasteiger partial charge in [-0.1, -0.05) is 11.8 Å². The van der Waals surface area contributed by atoms with Crippen LogP contribution in [0, 0.1) is 0 Å². The van der Waals surface area contributed by atoms with Gasteiger partial charge in [0.05, 0.1) is 12.3 Å². The second-order valence-corrected chi connectivity index (χ2v) is 6.68. The van der Waals surface area contributed by atoms with Crippen LogP contribution in [0.25, 0.3) is 0 Å². The van der Waals surface area contributed by atoms with E-state index >= 15 is 0 Å². The zero-order valence-corrected chi connectivity index (χ0v) is 16.0. The van der Waals surface area contributed by atoms with Crippen molar-refractivity contribution in [2.45, 2.75) is 17.3 Å². The molecule has 2 aromatic rings. The zero-order chi connectivity index (χ0) is 18.9. The van der Waals surface area contributed by atoms with E-state index in [4.69, 9.17) is 9.15 Å². The van der Waals surface area contributed by atoms with Crippen LogP contribution >= 0.6 is 11.8 Å². The molecule has 0 spiro atoms. The van der Waals surface area contributed by atoms with Gasteiger partial charge in [-0.15, -0.1) is 0 Å². The Labute approximate surface area is 156 Å². The predicted molar refractivity (Wildman–Crippen MR) is 97.9 cm³/mol. The van der Waals surface area contributed by atoms with Crippen LogP contribution < -0.4 is 5.32 Å². The van der Waals surface area contributed by atoms with Gasteiger partial charge in [0.1, 0.15) is 5.76 Å². The number of ether oxygens (including phenoxy) is 1. The van der Waals surface area contributed by atoms with Crippen LogP contribution in [0.4, 0.5) is 0 Å². The predicted octanol–water partition coefficient (Wildman–Crippen LogP) is 1.53. The van der Waals surface area contributed by atoms with Gasteiger partial charge in [0, 0.05) is 46.8 Å². The summed E-state index contributed by atoms with van der Waals surface area (Å²) in [6, 6.07) is 3.39. The number of thioether (sulfide) groups is 1. The molecule has 1 N–H and O–H groups in total.